The number of hydrogen-bond donors (Lipinski definition) is 1. The number of hydrogen-bond acceptors (Lipinski definition) is 5. The third-order valence-electron chi connectivity index (χ3n) is 4.34. The van der Waals surface area contributed by atoms with Crippen LogP contribution in [0.15, 0.2) is 41.2 Å². The molecule has 0 aliphatic rings. The molecule has 3 rings (SSSR count). The van der Waals surface area contributed by atoms with Crippen LogP contribution in [0.25, 0.3) is 22.3 Å². The Morgan fingerprint density at radius 2 is 1.86 bits per heavy atom. The fourth-order valence-corrected chi connectivity index (χ4v) is 3.79. The number of nitrogens with zero attached hydrogens (tertiary/aromatic N) is 3. The predicted molar refractivity (Wildman–Crippen MR) is 115 cm³/mol. The van der Waals surface area contributed by atoms with Gasteiger partial charge in [0.2, 0.25) is 0 Å². The predicted octanol–water partition coefficient (Wildman–Crippen LogP) is 3.76. The van der Waals surface area contributed by atoms with Crippen LogP contribution in [0.5, 0.6) is 0 Å². The van der Waals surface area contributed by atoms with Gasteiger partial charge in [0, 0.05) is 24.0 Å². The van der Waals surface area contributed by atoms with Crippen LogP contribution < -0.4 is 10.3 Å². The highest BCUT2D eigenvalue weighted by atomic mass is 35.5. The highest BCUT2D eigenvalue weighted by Crippen LogP contribution is 2.26. The Morgan fingerprint density at radius 3 is 2.46 bits per heavy atom. The molecule has 148 valence electrons. The summed E-state index contributed by atoms with van der Waals surface area (Å²) in [5.74, 6) is 0.535. The number of halogens is 1. The molecule has 0 spiro atoms. The molecule has 1 N–H and O–H groups in total. The normalized spacial score (nSPS) is 14.2. The summed E-state index contributed by atoms with van der Waals surface area (Å²) in [6.45, 7) is 7.48. The first-order valence-corrected chi connectivity index (χ1v) is 10.4. The van der Waals surface area contributed by atoms with Crippen LogP contribution in [0.2, 0.25) is 5.15 Å². The van der Waals surface area contributed by atoms with Crippen LogP contribution in [-0.2, 0) is 18.4 Å². The summed E-state index contributed by atoms with van der Waals surface area (Å²) < 4.78 is 16.6. The molecular formula is C20H23ClN4O2S. The molecule has 28 heavy (non-hydrogen) atoms. The van der Waals surface area contributed by atoms with Crippen LogP contribution in [0.3, 0.4) is 0 Å². The Bertz CT molecular complexity index is 1060. The second-order valence-corrected chi connectivity index (χ2v) is 10.00. The van der Waals surface area contributed by atoms with Crippen molar-refractivity contribution < 1.29 is 4.55 Å². The van der Waals surface area contributed by atoms with E-state index in [1.165, 1.54) is 10.6 Å². The van der Waals surface area contributed by atoms with E-state index >= 15 is 0 Å². The minimum Gasteiger partial charge on any atom is -0.598 e. The van der Waals surface area contributed by atoms with Gasteiger partial charge in [0.1, 0.15) is 21.2 Å². The van der Waals surface area contributed by atoms with Gasteiger partial charge in [-0.15, -0.1) is 4.72 Å². The maximum absolute atomic E-state index is 13.0. The summed E-state index contributed by atoms with van der Waals surface area (Å²) in [6.07, 6.45) is 0. The molecule has 0 fully saturated rings. The monoisotopic (exact) mass is 418 g/mol. The first kappa shape index (κ1) is 20.8. The van der Waals surface area contributed by atoms with Gasteiger partial charge < -0.3 is 4.55 Å². The molecule has 0 radical (unpaired) electrons. The first-order valence-electron chi connectivity index (χ1n) is 8.90. The molecule has 8 heteroatoms. The largest absolute Gasteiger partial charge is 0.598 e. The van der Waals surface area contributed by atoms with Crippen molar-refractivity contribution in [3.05, 3.63) is 57.6 Å². The lowest BCUT2D eigenvalue weighted by atomic mass is 10.1. The van der Waals surface area contributed by atoms with E-state index in [0.717, 1.165) is 5.56 Å². The molecule has 0 saturated carbocycles. The smallest absolute Gasteiger partial charge is 0.261 e. The van der Waals surface area contributed by atoms with E-state index in [1.54, 1.807) is 7.05 Å². The van der Waals surface area contributed by atoms with Crippen molar-refractivity contribution >= 4 is 33.9 Å². The SMILES string of the molecule is CC(N[S@+]([O-])C(C)(C)C)c1nc(Cl)cc2c(=O)n(C)c(-c3ccccc3)nc12. The van der Waals surface area contributed by atoms with Crippen molar-refractivity contribution in [1.29, 1.82) is 0 Å². The van der Waals surface area contributed by atoms with Crippen LogP contribution in [0.4, 0.5) is 0 Å². The fourth-order valence-electron chi connectivity index (χ4n) is 2.80. The summed E-state index contributed by atoms with van der Waals surface area (Å²) in [5, 5.41) is 0.580. The lowest BCUT2D eigenvalue weighted by molar-refractivity contribution is 0.529. The van der Waals surface area contributed by atoms with E-state index in [4.69, 9.17) is 16.6 Å². The number of benzene rings is 1. The van der Waals surface area contributed by atoms with E-state index in [-0.39, 0.29) is 10.7 Å². The van der Waals surface area contributed by atoms with Crippen LogP contribution in [0, 0.1) is 0 Å². The molecule has 0 amide bonds. The Kier molecular flexibility index (Phi) is 5.82. The van der Waals surface area contributed by atoms with Gasteiger partial charge >= 0.3 is 0 Å². The van der Waals surface area contributed by atoms with Gasteiger partial charge in [-0.25, -0.2) is 9.97 Å². The Balaban J connectivity index is 2.21. The summed E-state index contributed by atoms with van der Waals surface area (Å²) in [6, 6.07) is 10.6. The second-order valence-electron chi connectivity index (χ2n) is 7.61. The molecule has 2 heterocycles. The summed E-state index contributed by atoms with van der Waals surface area (Å²) in [7, 11) is 1.68. The molecule has 0 saturated heterocycles. The van der Waals surface area contributed by atoms with Gasteiger partial charge in [-0.2, -0.15) is 0 Å². The van der Waals surface area contributed by atoms with E-state index < -0.39 is 22.2 Å². The lowest BCUT2D eigenvalue weighted by Gasteiger charge is -2.26. The quantitative estimate of drug-likeness (QED) is 0.515. The summed E-state index contributed by atoms with van der Waals surface area (Å²) >= 11 is 4.87. The van der Waals surface area contributed by atoms with Crippen molar-refractivity contribution in [3.63, 3.8) is 0 Å². The number of aromatic nitrogens is 3. The zero-order chi connectivity index (χ0) is 20.6. The zero-order valence-electron chi connectivity index (χ0n) is 16.5. The minimum absolute atomic E-state index is 0.198. The van der Waals surface area contributed by atoms with E-state index in [9.17, 15) is 9.35 Å². The summed E-state index contributed by atoms with van der Waals surface area (Å²) in [4.78, 5) is 22.1. The molecule has 0 aliphatic heterocycles. The highest BCUT2D eigenvalue weighted by Gasteiger charge is 2.30. The second kappa shape index (κ2) is 7.83. The first-order chi connectivity index (χ1) is 13.1. The van der Waals surface area contributed by atoms with Crippen LogP contribution in [0.1, 0.15) is 39.4 Å². The molecule has 0 aliphatic carbocycles. The van der Waals surface area contributed by atoms with Crippen molar-refractivity contribution in [2.75, 3.05) is 0 Å². The van der Waals surface area contributed by atoms with E-state index in [2.05, 4.69) is 9.71 Å². The van der Waals surface area contributed by atoms with Crippen molar-refractivity contribution in [2.24, 2.45) is 7.05 Å². The van der Waals surface area contributed by atoms with Crippen LogP contribution >= 0.6 is 11.6 Å². The van der Waals surface area contributed by atoms with Gasteiger partial charge in [-0.1, -0.05) is 41.9 Å². The number of pyridine rings is 1. The van der Waals surface area contributed by atoms with Gasteiger partial charge in [-0.05, 0) is 33.8 Å². The maximum atomic E-state index is 13.0. The number of nitrogens with one attached hydrogen (secondary N) is 1. The molecule has 0 bridgehead atoms. The molecule has 1 aromatic carbocycles. The summed E-state index contributed by atoms with van der Waals surface area (Å²) in [5.41, 5.74) is 1.56. The average Bonchev–Trinajstić information content (AvgIpc) is 2.64. The molecule has 2 aromatic heterocycles. The average molecular weight is 419 g/mol. The molecule has 3 aromatic rings. The van der Waals surface area contributed by atoms with Gasteiger partial charge in [0.05, 0.1) is 17.1 Å². The number of fused-ring (bicyclic) bond motifs is 1. The third kappa shape index (κ3) is 4.07. The molecular weight excluding hydrogens is 396 g/mol. The minimum atomic E-state index is -1.31. The maximum Gasteiger partial charge on any atom is 0.261 e. The Morgan fingerprint density at radius 1 is 1.21 bits per heavy atom. The van der Waals surface area contributed by atoms with Gasteiger partial charge in [0.15, 0.2) is 0 Å². The van der Waals surface area contributed by atoms with E-state index in [0.29, 0.717) is 22.4 Å². The molecule has 6 nitrogen and oxygen atoms in total. The van der Waals surface area contributed by atoms with E-state index in [1.807, 2.05) is 58.0 Å². The highest BCUT2D eigenvalue weighted by molar-refractivity contribution is 7.90. The van der Waals surface area contributed by atoms with Crippen LogP contribution in [-0.4, -0.2) is 23.8 Å². The standard InChI is InChI=1S/C20H23ClN4O2S/c1-12(24-28(27)20(2,3)4)16-17-14(11-15(21)22-16)19(26)25(5)18(23-17)13-9-7-6-8-10-13/h6-12,24H,1-5H3/t12?,28-/m1/s1. The number of rotatable bonds is 4. The van der Waals surface area contributed by atoms with Crippen molar-refractivity contribution in [3.8, 4) is 11.4 Å². The fraction of sp³-hybridized carbons (Fsp3) is 0.350. The molecule has 2 atom stereocenters. The molecule has 1 unspecified atom stereocenters. The van der Waals surface area contributed by atoms with Crippen molar-refractivity contribution in [1.82, 2.24) is 19.3 Å². The zero-order valence-corrected chi connectivity index (χ0v) is 18.1. The Hall–Kier alpha value is -1.93. The van der Waals surface area contributed by atoms with Gasteiger partial charge in [-0.3, -0.25) is 9.36 Å². The Labute approximate surface area is 172 Å². The lowest BCUT2D eigenvalue weighted by Crippen LogP contribution is -2.40. The topological polar surface area (TPSA) is 82.9 Å². The van der Waals surface area contributed by atoms with Crippen molar-refractivity contribution in [2.45, 2.75) is 38.5 Å². The van der Waals surface area contributed by atoms with Gasteiger partial charge in [0.25, 0.3) is 5.56 Å². The third-order valence-corrected chi connectivity index (χ3v) is 6.21.